The maximum absolute atomic E-state index is 14.4. The summed E-state index contributed by atoms with van der Waals surface area (Å²) in [5.41, 5.74) is -2.14. The number of aromatic amines is 1. The number of carbonyl (C=O) groups excluding carboxylic acids is 1. The number of aliphatic hydroxyl groups is 1. The summed E-state index contributed by atoms with van der Waals surface area (Å²) in [5, 5.41) is 14.9. The predicted octanol–water partition coefficient (Wildman–Crippen LogP) is 4.19. The van der Waals surface area contributed by atoms with Gasteiger partial charge in [-0.2, -0.15) is 9.48 Å². The van der Waals surface area contributed by atoms with E-state index in [0.717, 1.165) is 22.8 Å². The number of aromatic nitrogens is 2. The van der Waals surface area contributed by atoms with Gasteiger partial charge in [-0.3, -0.25) is 23.7 Å². The number of ether oxygens (including phenoxy) is 2. The Morgan fingerprint density at radius 3 is 2.66 bits per heavy atom. The van der Waals surface area contributed by atoms with Crippen molar-refractivity contribution in [3.63, 3.8) is 0 Å². The van der Waals surface area contributed by atoms with Gasteiger partial charge in [0.05, 0.1) is 18.9 Å². The Balaban J connectivity index is 1.61. The molecule has 3 N–H and O–H groups in total. The van der Waals surface area contributed by atoms with Gasteiger partial charge in [0.25, 0.3) is 5.56 Å². The summed E-state index contributed by atoms with van der Waals surface area (Å²) in [5.74, 6) is -1.52. The molecule has 0 amide bonds. The van der Waals surface area contributed by atoms with Gasteiger partial charge in [0.1, 0.15) is 30.2 Å². The number of nitrogens with one attached hydrogen (secondary N) is 2. The molecule has 4 rings (SSSR count). The van der Waals surface area contributed by atoms with Crippen LogP contribution in [-0.2, 0) is 23.4 Å². The van der Waals surface area contributed by atoms with Crippen LogP contribution in [0, 0.1) is 11.7 Å². The quantitative estimate of drug-likeness (QED) is 0.134. The molecule has 0 saturated carbocycles. The van der Waals surface area contributed by atoms with Crippen molar-refractivity contribution < 1.29 is 37.4 Å². The van der Waals surface area contributed by atoms with Crippen molar-refractivity contribution in [1.29, 1.82) is 0 Å². The van der Waals surface area contributed by atoms with Crippen molar-refractivity contribution in [1.82, 2.24) is 14.6 Å². The molecule has 1 aromatic heterocycles. The molecule has 0 bridgehead atoms. The molecule has 14 heteroatoms. The predicted molar refractivity (Wildman–Crippen MR) is 161 cm³/mol. The molecular weight excluding hydrogens is 596 g/mol. The van der Waals surface area contributed by atoms with Crippen LogP contribution in [0.25, 0.3) is 10.8 Å². The van der Waals surface area contributed by atoms with Gasteiger partial charge in [-0.25, -0.2) is 9.36 Å². The lowest BCUT2D eigenvalue weighted by atomic mass is 10.1. The molecule has 12 nitrogen and oxygen atoms in total. The minimum atomic E-state index is -4.47. The molecule has 1 fully saturated rings. The maximum Gasteiger partial charge on any atom is 0.460 e. The summed E-state index contributed by atoms with van der Waals surface area (Å²) in [6, 6.07) is 11.2. The van der Waals surface area contributed by atoms with E-state index in [1.807, 2.05) is 37.0 Å². The molecule has 1 saturated heterocycles. The number of hydrogen-bond acceptors (Lipinski definition) is 9. The summed E-state index contributed by atoms with van der Waals surface area (Å²) in [4.78, 5) is 38.5. The van der Waals surface area contributed by atoms with Crippen LogP contribution in [0.2, 0.25) is 0 Å². The Bertz CT molecular complexity index is 1630. The van der Waals surface area contributed by atoms with Gasteiger partial charge in [-0.15, -0.1) is 6.58 Å². The minimum Gasteiger partial charge on any atom is -0.464 e. The number of benzene rings is 2. The van der Waals surface area contributed by atoms with E-state index in [4.69, 9.17) is 18.5 Å². The van der Waals surface area contributed by atoms with Crippen molar-refractivity contribution in [2.24, 2.45) is 5.92 Å². The highest BCUT2D eigenvalue weighted by Crippen LogP contribution is 2.49. The summed E-state index contributed by atoms with van der Waals surface area (Å²) in [6.45, 7) is 9.35. The standard InChI is InChI=1S/C30H37FN3O9P/c1-5-19(6-2)17-40-29(37)18(4)33-44(39,43-25-14-10-12-20-11-8-9-13-21(20)25)42-24(7-3)27-23(35)15-26(41-27)34-16-22(31)28(36)32-30(34)38/h7-14,16,18-19,23-24,26-27,35H,3,5-6,15,17H2,1-2,4H3,(H,33,39)(H,32,36,38)/t18-,23?,24+,26+,27-,44+/m0/s1. The zero-order valence-electron chi connectivity index (χ0n) is 24.7. The van der Waals surface area contributed by atoms with Gasteiger partial charge in [0, 0.05) is 11.8 Å². The minimum absolute atomic E-state index is 0.170. The Morgan fingerprint density at radius 2 is 1.95 bits per heavy atom. The van der Waals surface area contributed by atoms with Crippen LogP contribution in [0.15, 0.2) is 70.9 Å². The highest BCUT2D eigenvalue weighted by atomic mass is 31.2. The topological polar surface area (TPSA) is 158 Å². The van der Waals surface area contributed by atoms with Crippen molar-refractivity contribution in [3.05, 3.63) is 88.0 Å². The molecule has 0 aliphatic carbocycles. The molecule has 44 heavy (non-hydrogen) atoms. The van der Waals surface area contributed by atoms with Crippen LogP contribution in [0.5, 0.6) is 5.75 Å². The van der Waals surface area contributed by atoms with E-state index in [-0.39, 0.29) is 24.7 Å². The average molecular weight is 634 g/mol. The second kappa shape index (κ2) is 14.4. The number of fused-ring (bicyclic) bond motifs is 1. The first-order valence-corrected chi connectivity index (χ1v) is 15.9. The van der Waals surface area contributed by atoms with E-state index < -0.39 is 61.4 Å². The van der Waals surface area contributed by atoms with Crippen molar-refractivity contribution in [2.45, 2.75) is 70.6 Å². The second-order valence-corrected chi connectivity index (χ2v) is 12.2. The molecule has 6 atom stereocenters. The lowest BCUT2D eigenvalue weighted by molar-refractivity contribution is -0.146. The van der Waals surface area contributed by atoms with E-state index in [0.29, 0.717) is 11.6 Å². The second-order valence-electron chi connectivity index (χ2n) is 10.5. The number of carbonyl (C=O) groups is 1. The summed E-state index contributed by atoms with van der Waals surface area (Å²) < 4.78 is 52.3. The van der Waals surface area contributed by atoms with Gasteiger partial charge in [0.2, 0.25) is 5.82 Å². The fourth-order valence-electron chi connectivity index (χ4n) is 4.84. The highest BCUT2D eigenvalue weighted by Gasteiger charge is 2.44. The Morgan fingerprint density at radius 1 is 1.25 bits per heavy atom. The SMILES string of the molecule is C=C[C@@H](O[P@](=O)(N[C@@H](C)C(=O)OCC(CC)CC)Oc1cccc2ccccc12)[C@H]1O[C@@H](n2cc(F)c(=O)[nH]c2=O)CC1O. The largest absolute Gasteiger partial charge is 0.464 e. The smallest absolute Gasteiger partial charge is 0.460 e. The van der Waals surface area contributed by atoms with E-state index in [2.05, 4.69) is 11.7 Å². The molecule has 2 heterocycles. The third-order valence-corrected chi connectivity index (χ3v) is 9.14. The number of H-pyrrole nitrogens is 1. The van der Waals surface area contributed by atoms with Crippen molar-refractivity contribution in [3.8, 4) is 5.75 Å². The van der Waals surface area contributed by atoms with Crippen LogP contribution < -0.4 is 20.9 Å². The van der Waals surface area contributed by atoms with Gasteiger partial charge in [0.15, 0.2) is 0 Å². The van der Waals surface area contributed by atoms with E-state index >= 15 is 0 Å². The van der Waals surface area contributed by atoms with Crippen molar-refractivity contribution in [2.75, 3.05) is 6.61 Å². The van der Waals surface area contributed by atoms with Crippen molar-refractivity contribution >= 4 is 24.5 Å². The Hall–Kier alpha value is -3.61. The van der Waals surface area contributed by atoms with Crippen LogP contribution in [0.3, 0.4) is 0 Å². The van der Waals surface area contributed by atoms with Crippen LogP contribution in [-0.4, -0.2) is 51.6 Å². The lowest BCUT2D eigenvalue weighted by Crippen LogP contribution is -2.40. The molecule has 238 valence electrons. The molecule has 3 aromatic rings. The number of halogens is 1. The number of rotatable bonds is 14. The first-order valence-electron chi connectivity index (χ1n) is 14.4. The molecule has 0 spiro atoms. The third-order valence-electron chi connectivity index (χ3n) is 7.48. The molecular formula is C30H37FN3O9P. The fourth-order valence-corrected chi connectivity index (χ4v) is 6.52. The van der Waals surface area contributed by atoms with Gasteiger partial charge in [-0.05, 0) is 24.3 Å². The van der Waals surface area contributed by atoms with Gasteiger partial charge in [-0.1, -0.05) is 69.2 Å². The monoisotopic (exact) mass is 633 g/mol. The Kier molecular flexibility index (Phi) is 10.9. The van der Waals surface area contributed by atoms with E-state index in [9.17, 15) is 28.4 Å². The van der Waals surface area contributed by atoms with E-state index in [1.165, 1.54) is 13.0 Å². The lowest BCUT2D eigenvalue weighted by Gasteiger charge is -2.29. The molecule has 1 aliphatic rings. The average Bonchev–Trinajstić information content (AvgIpc) is 3.39. The molecule has 2 aromatic carbocycles. The summed E-state index contributed by atoms with van der Waals surface area (Å²) in [7, 11) is -4.47. The molecule has 1 unspecified atom stereocenters. The number of hydrogen-bond donors (Lipinski definition) is 3. The maximum atomic E-state index is 14.4. The number of aliphatic hydroxyl groups excluding tert-OH is 1. The molecule has 0 radical (unpaired) electrons. The van der Waals surface area contributed by atoms with E-state index in [1.54, 1.807) is 24.3 Å². The van der Waals surface area contributed by atoms with Crippen LogP contribution in [0.1, 0.15) is 46.3 Å². The third kappa shape index (κ3) is 7.72. The highest BCUT2D eigenvalue weighted by molar-refractivity contribution is 7.52. The number of nitrogens with zero attached hydrogens (tertiary/aromatic N) is 1. The van der Waals surface area contributed by atoms with Gasteiger partial charge >= 0.3 is 19.4 Å². The first-order chi connectivity index (χ1) is 21.0. The van der Waals surface area contributed by atoms with Crippen LogP contribution in [0.4, 0.5) is 4.39 Å². The van der Waals surface area contributed by atoms with Crippen LogP contribution >= 0.6 is 7.75 Å². The zero-order valence-corrected chi connectivity index (χ0v) is 25.6. The first kappa shape index (κ1) is 33.3. The zero-order chi connectivity index (χ0) is 32.0. The normalized spacial score (nSPS) is 21.1. The molecule has 1 aliphatic heterocycles. The number of esters is 1. The van der Waals surface area contributed by atoms with Gasteiger partial charge < -0.3 is 19.1 Å². The summed E-state index contributed by atoms with van der Waals surface area (Å²) >= 11 is 0. The fraction of sp³-hybridized carbons (Fsp3) is 0.433. The summed E-state index contributed by atoms with van der Waals surface area (Å²) in [6.07, 6.45) is -1.68. The Labute approximate surface area is 253 Å².